The van der Waals surface area contributed by atoms with Crippen molar-refractivity contribution in [2.45, 2.75) is 84.5 Å². The van der Waals surface area contributed by atoms with Crippen LogP contribution in [0.5, 0.6) is 0 Å². The van der Waals surface area contributed by atoms with Gasteiger partial charge in [0.2, 0.25) is 0 Å². The Kier molecular flexibility index (Phi) is 4.18. The molecule has 0 amide bonds. The lowest BCUT2D eigenvalue weighted by atomic mass is 9.76. The topological polar surface area (TPSA) is 0 Å². The van der Waals surface area contributed by atoms with Gasteiger partial charge in [-0.1, -0.05) is 91.8 Å². The largest absolute Gasteiger partial charge is 0.0646 e. The molecule has 0 nitrogen and oxygen atoms in total. The molecule has 0 heteroatoms. The van der Waals surface area contributed by atoms with Crippen LogP contribution in [0.3, 0.4) is 0 Å². The van der Waals surface area contributed by atoms with E-state index in [2.05, 4.69) is 91.8 Å². The number of hydrogen-bond donors (Lipinski definition) is 0. The number of rotatable bonds is 4. The van der Waals surface area contributed by atoms with E-state index in [0.29, 0.717) is 0 Å². The maximum Gasteiger partial charge on any atom is 0.0159 e. The van der Waals surface area contributed by atoms with Gasteiger partial charge in [0.1, 0.15) is 0 Å². The average molecular weight is 335 g/mol. The third-order valence-corrected chi connectivity index (χ3v) is 7.01. The monoisotopic (exact) mass is 334 g/mol. The molecule has 2 aromatic carbocycles. The molecule has 0 bridgehead atoms. The fourth-order valence-corrected chi connectivity index (χ4v) is 3.99. The lowest BCUT2D eigenvalue weighted by Gasteiger charge is -2.28. The normalized spacial score (nSPS) is 15.8. The van der Waals surface area contributed by atoms with Gasteiger partial charge in [-0.25, -0.2) is 0 Å². The lowest BCUT2D eigenvalue weighted by Crippen LogP contribution is -2.20. The smallest absolute Gasteiger partial charge is 0.0159 e. The average Bonchev–Trinajstić information content (AvgIpc) is 2.82. The summed E-state index contributed by atoms with van der Waals surface area (Å²) in [5.41, 5.74) is 9.30. The minimum Gasteiger partial charge on any atom is -0.0646 e. The van der Waals surface area contributed by atoms with Crippen molar-refractivity contribution in [2.24, 2.45) is 0 Å². The Hall–Kier alpha value is -1.56. The van der Waals surface area contributed by atoms with Crippen molar-refractivity contribution in [3.8, 4) is 11.1 Å². The van der Waals surface area contributed by atoms with E-state index in [1.807, 2.05) is 0 Å². The van der Waals surface area contributed by atoms with Crippen molar-refractivity contribution in [2.75, 3.05) is 0 Å². The van der Waals surface area contributed by atoms with Gasteiger partial charge in [0.05, 0.1) is 0 Å². The standard InChI is InChI=1S/C25H34/c1-9-23(3,4)17-11-13-19-20-14-12-18(24(5,6)10-2)16-22(20)25(7,8)21(19)15-17/h11-16H,9-10H2,1-8H3. The number of fused-ring (bicyclic) bond motifs is 3. The third-order valence-electron chi connectivity index (χ3n) is 7.01. The van der Waals surface area contributed by atoms with Crippen molar-refractivity contribution in [1.82, 2.24) is 0 Å². The Morgan fingerprint density at radius 3 is 1.36 bits per heavy atom. The molecule has 2 aromatic rings. The number of benzene rings is 2. The molecule has 0 atom stereocenters. The zero-order valence-corrected chi connectivity index (χ0v) is 17.4. The summed E-state index contributed by atoms with van der Waals surface area (Å²) in [7, 11) is 0. The van der Waals surface area contributed by atoms with Crippen LogP contribution in [0.25, 0.3) is 11.1 Å². The quantitative estimate of drug-likeness (QED) is 0.547. The molecule has 0 saturated carbocycles. The van der Waals surface area contributed by atoms with E-state index in [0.717, 1.165) is 12.8 Å². The molecule has 0 unspecified atom stereocenters. The molecule has 1 aliphatic carbocycles. The molecule has 0 saturated heterocycles. The lowest BCUT2D eigenvalue weighted by molar-refractivity contribution is 0.502. The van der Waals surface area contributed by atoms with Crippen LogP contribution in [0, 0.1) is 0 Å². The van der Waals surface area contributed by atoms with Crippen molar-refractivity contribution in [1.29, 1.82) is 0 Å². The Bertz CT molecular complexity index is 735. The van der Waals surface area contributed by atoms with E-state index in [1.54, 1.807) is 0 Å². The van der Waals surface area contributed by atoms with E-state index in [-0.39, 0.29) is 16.2 Å². The van der Waals surface area contributed by atoms with Gasteiger partial charge in [-0.3, -0.25) is 0 Å². The van der Waals surface area contributed by atoms with E-state index in [4.69, 9.17) is 0 Å². The first-order valence-electron chi connectivity index (χ1n) is 9.85. The molecule has 0 spiro atoms. The second-order valence-corrected chi connectivity index (χ2v) is 9.62. The van der Waals surface area contributed by atoms with Crippen LogP contribution in [-0.4, -0.2) is 0 Å². The van der Waals surface area contributed by atoms with Gasteiger partial charge in [0, 0.05) is 5.41 Å². The van der Waals surface area contributed by atoms with Gasteiger partial charge in [-0.2, -0.15) is 0 Å². The first kappa shape index (κ1) is 18.2. The van der Waals surface area contributed by atoms with E-state index in [1.165, 1.54) is 33.4 Å². The summed E-state index contributed by atoms with van der Waals surface area (Å²) in [6.45, 7) is 18.8. The Labute approximate surface area is 154 Å². The summed E-state index contributed by atoms with van der Waals surface area (Å²) in [4.78, 5) is 0. The van der Waals surface area contributed by atoms with Gasteiger partial charge in [-0.15, -0.1) is 0 Å². The highest BCUT2D eigenvalue weighted by Gasteiger charge is 2.37. The van der Waals surface area contributed by atoms with Gasteiger partial charge < -0.3 is 0 Å². The van der Waals surface area contributed by atoms with Crippen LogP contribution >= 0.6 is 0 Å². The summed E-state index contributed by atoms with van der Waals surface area (Å²) in [6.07, 6.45) is 2.32. The second-order valence-electron chi connectivity index (χ2n) is 9.62. The third kappa shape index (κ3) is 2.75. The molecule has 25 heavy (non-hydrogen) atoms. The van der Waals surface area contributed by atoms with Crippen LogP contribution in [0.2, 0.25) is 0 Å². The first-order valence-corrected chi connectivity index (χ1v) is 9.85. The van der Waals surface area contributed by atoms with Crippen molar-refractivity contribution in [3.05, 3.63) is 58.7 Å². The maximum absolute atomic E-state index is 2.48. The molecule has 1 aliphatic rings. The minimum absolute atomic E-state index is 0.0737. The maximum atomic E-state index is 2.48. The predicted octanol–water partition coefficient (Wildman–Crippen LogP) is 7.37. The zero-order chi connectivity index (χ0) is 18.6. The van der Waals surface area contributed by atoms with Crippen LogP contribution < -0.4 is 0 Å². The van der Waals surface area contributed by atoms with Crippen molar-refractivity contribution >= 4 is 0 Å². The van der Waals surface area contributed by atoms with Gasteiger partial charge in [0.15, 0.2) is 0 Å². The van der Waals surface area contributed by atoms with Crippen LogP contribution in [0.1, 0.15) is 90.5 Å². The Morgan fingerprint density at radius 2 is 1.04 bits per heavy atom. The first-order chi connectivity index (χ1) is 11.5. The molecule has 0 aliphatic heterocycles. The van der Waals surface area contributed by atoms with Gasteiger partial charge in [-0.05, 0) is 57.1 Å². The summed E-state index contributed by atoms with van der Waals surface area (Å²) >= 11 is 0. The Balaban J connectivity index is 2.17. The molecule has 134 valence electrons. The SMILES string of the molecule is CCC(C)(C)c1ccc2c(c1)C(C)(C)c1cc(C(C)(C)CC)ccc1-2. The molecule has 0 aromatic heterocycles. The van der Waals surface area contributed by atoms with Crippen molar-refractivity contribution in [3.63, 3.8) is 0 Å². The summed E-state index contributed by atoms with van der Waals surface area (Å²) in [5.74, 6) is 0. The van der Waals surface area contributed by atoms with Crippen LogP contribution in [0.15, 0.2) is 36.4 Å². The van der Waals surface area contributed by atoms with E-state index < -0.39 is 0 Å². The van der Waals surface area contributed by atoms with Crippen LogP contribution in [0.4, 0.5) is 0 Å². The molecule has 0 heterocycles. The molecule has 0 fully saturated rings. The molecule has 0 N–H and O–H groups in total. The highest BCUT2D eigenvalue weighted by molar-refractivity contribution is 5.81. The summed E-state index contributed by atoms with van der Waals surface area (Å²) in [6, 6.07) is 14.4. The van der Waals surface area contributed by atoms with Crippen molar-refractivity contribution < 1.29 is 0 Å². The summed E-state index contributed by atoms with van der Waals surface area (Å²) in [5, 5.41) is 0. The zero-order valence-electron chi connectivity index (χ0n) is 17.4. The summed E-state index contributed by atoms with van der Waals surface area (Å²) < 4.78 is 0. The minimum atomic E-state index is 0.0737. The molecular weight excluding hydrogens is 300 g/mol. The van der Waals surface area contributed by atoms with E-state index >= 15 is 0 Å². The van der Waals surface area contributed by atoms with Gasteiger partial charge >= 0.3 is 0 Å². The highest BCUT2D eigenvalue weighted by Crippen LogP contribution is 2.50. The fraction of sp³-hybridized carbons (Fsp3) is 0.520. The Morgan fingerprint density at radius 1 is 0.680 bits per heavy atom. The van der Waals surface area contributed by atoms with Crippen LogP contribution in [-0.2, 0) is 16.2 Å². The molecular formula is C25H34. The molecule has 3 rings (SSSR count). The predicted molar refractivity (Wildman–Crippen MR) is 111 cm³/mol. The van der Waals surface area contributed by atoms with E-state index in [9.17, 15) is 0 Å². The second kappa shape index (κ2) is 5.73. The fourth-order valence-electron chi connectivity index (χ4n) is 3.99. The highest BCUT2D eigenvalue weighted by atomic mass is 14.4. The number of hydrogen-bond acceptors (Lipinski definition) is 0. The van der Waals surface area contributed by atoms with Gasteiger partial charge in [0.25, 0.3) is 0 Å². The molecule has 0 radical (unpaired) electrons.